The van der Waals surface area contributed by atoms with Crippen molar-refractivity contribution < 1.29 is 22.8 Å². The van der Waals surface area contributed by atoms with Crippen LogP contribution >= 0.6 is 12.0 Å². The van der Waals surface area contributed by atoms with E-state index in [4.69, 9.17) is 13.7 Å². The van der Waals surface area contributed by atoms with Crippen LogP contribution in [-0.4, -0.2) is 13.1 Å². The van der Waals surface area contributed by atoms with Crippen molar-refractivity contribution in [3.63, 3.8) is 0 Å². The number of rotatable bonds is 4. The van der Waals surface area contributed by atoms with Gasteiger partial charge in [-0.3, -0.25) is 4.79 Å². The zero-order valence-corrected chi connectivity index (χ0v) is 13.5. The van der Waals surface area contributed by atoms with Crippen LogP contribution in [0.25, 0.3) is 0 Å². The van der Waals surface area contributed by atoms with Gasteiger partial charge in [-0.2, -0.15) is 0 Å². The van der Waals surface area contributed by atoms with Crippen molar-refractivity contribution >= 4 is 18.0 Å². The van der Waals surface area contributed by atoms with Crippen molar-refractivity contribution in [1.82, 2.24) is 0 Å². The van der Waals surface area contributed by atoms with Crippen molar-refractivity contribution in [3.05, 3.63) is 53.3 Å². The molecule has 0 saturated heterocycles. The molecule has 0 aliphatic carbocycles. The second-order valence-electron chi connectivity index (χ2n) is 5.12. The Kier molecular flexibility index (Phi) is 4.43. The van der Waals surface area contributed by atoms with E-state index in [0.717, 1.165) is 23.2 Å². The Bertz CT molecular complexity index is 747. The van der Waals surface area contributed by atoms with E-state index in [9.17, 15) is 9.18 Å². The molecule has 1 atom stereocenters. The molecule has 4 nitrogen and oxygen atoms in total. The predicted molar refractivity (Wildman–Crippen MR) is 84.1 cm³/mol. The lowest BCUT2D eigenvalue weighted by Crippen LogP contribution is -2.21. The van der Waals surface area contributed by atoms with Crippen LogP contribution in [0.15, 0.2) is 41.3 Å². The highest BCUT2D eigenvalue weighted by molar-refractivity contribution is 7.95. The van der Waals surface area contributed by atoms with Gasteiger partial charge in [0, 0.05) is 5.56 Å². The summed E-state index contributed by atoms with van der Waals surface area (Å²) in [5.74, 6) is 0.0946. The van der Waals surface area contributed by atoms with E-state index in [0.29, 0.717) is 16.4 Å². The number of esters is 1. The van der Waals surface area contributed by atoms with E-state index in [1.54, 1.807) is 32.2 Å². The van der Waals surface area contributed by atoms with Crippen LogP contribution in [0.3, 0.4) is 0 Å². The van der Waals surface area contributed by atoms with E-state index in [-0.39, 0.29) is 24.3 Å². The number of halogens is 1. The van der Waals surface area contributed by atoms with Gasteiger partial charge in [-0.25, -0.2) is 4.39 Å². The zero-order valence-electron chi connectivity index (χ0n) is 12.7. The molecule has 23 heavy (non-hydrogen) atoms. The Morgan fingerprint density at radius 2 is 2.13 bits per heavy atom. The minimum atomic E-state index is -0.355. The smallest absolute Gasteiger partial charge is 0.313 e. The summed E-state index contributed by atoms with van der Waals surface area (Å²) in [5.41, 5.74) is 1.64. The van der Waals surface area contributed by atoms with Gasteiger partial charge in [0.25, 0.3) is 0 Å². The summed E-state index contributed by atoms with van der Waals surface area (Å²) in [6, 6.07) is 9.72. The Morgan fingerprint density at radius 3 is 2.87 bits per heavy atom. The lowest BCUT2D eigenvalue weighted by molar-refractivity contribution is -0.147. The Hall–Kier alpha value is -2.21. The molecule has 1 aliphatic heterocycles. The molecule has 2 aromatic rings. The minimum Gasteiger partial charge on any atom is -0.493 e. The Balaban J connectivity index is 1.92. The van der Waals surface area contributed by atoms with Crippen molar-refractivity contribution in [2.45, 2.75) is 24.3 Å². The maximum absolute atomic E-state index is 13.3. The molecule has 0 fully saturated rings. The van der Waals surface area contributed by atoms with E-state index in [2.05, 4.69) is 0 Å². The summed E-state index contributed by atoms with van der Waals surface area (Å²) < 4.78 is 29.6. The van der Waals surface area contributed by atoms with E-state index in [1.807, 2.05) is 6.07 Å². The highest BCUT2D eigenvalue weighted by atomic mass is 32.2. The molecule has 0 bridgehead atoms. The van der Waals surface area contributed by atoms with Crippen LogP contribution in [0.2, 0.25) is 0 Å². The van der Waals surface area contributed by atoms with E-state index in [1.165, 1.54) is 12.1 Å². The molecule has 120 valence electrons. The van der Waals surface area contributed by atoms with Crippen LogP contribution in [-0.2, 0) is 16.1 Å². The van der Waals surface area contributed by atoms with Gasteiger partial charge in [0.2, 0.25) is 0 Å². The van der Waals surface area contributed by atoms with Gasteiger partial charge < -0.3 is 13.7 Å². The lowest BCUT2D eigenvalue weighted by Gasteiger charge is -2.24. The molecule has 0 N–H and O–H groups in total. The third-order valence-corrected chi connectivity index (χ3v) is 4.37. The quantitative estimate of drug-likeness (QED) is 0.623. The van der Waals surface area contributed by atoms with Gasteiger partial charge >= 0.3 is 5.97 Å². The molecule has 0 spiro atoms. The molecule has 1 unspecified atom stereocenters. The van der Waals surface area contributed by atoms with E-state index < -0.39 is 0 Å². The second-order valence-corrected chi connectivity index (χ2v) is 5.92. The Labute approximate surface area is 137 Å². The fourth-order valence-electron chi connectivity index (χ4n) is 2.43. The summed E-state index contributed by atoms with van der Waals surface area (Å²) in [7, 11) is 1.54. The van der Waals surface area contributed by atoms with Gasteiger partial charge in [0.1, 0.15) is 12.4 Å². The summed E-state index contributed by atoms with van der Waals surface area (Å²) in [5, 5.41) is 0. The number of carbonyl (C=O) groups excluding carboxylic acids is 1. The standard InChI is InChI=1S/C17H15FO4S/c1-10-13-6-7-15(20-2)16(14(13)9-21-17(10)19)22-23-12-5-3-4-11(18)8-12/h3-8,10H,9H2,1-2H3. The molecule has 2 aromatic carbocycles. The normalized spacial score (nSPS) is 16.5. The predicted octanol–water partition coefficient (Wildman–Crippen LogP) is 4.08. The van der Waals surface area contributed by atoms with Gasteiger partial charge in [0.15, 0.2) is 11.5 Å². The third kappa shape index (κ3) is 3.12. The first-order valence-corrected chi connectivity index (χ1v) is 7.81. The first-order valence-electron chi connectivity index (χ1n) is 7.06. The molecule has 6 heteroatoms. The van der Waals surface area contributed by atoms with E-state index >= 15 is 0 Å². The van der Waals surface area contributed by atoms with Crippen LogP contribution in [0, 0.1) is 5.82 Å². The number of hydrogen-bond acceptors (Lipinski definition) is 5. The fourth-order valence-corrected chi connectivity index (χ4v) is 3.09. The number of methoxy groups -OCH3 is 1. The molecule has 0 saturated carbocycles. The molecular formula is C17H15FO4S. The zero-order chi connectivity index (χ0) is 16.4. The largest absolute Gasteiger partial charge is 0.493 e. The summed E-state index contributed by atoms with van der Waals surface area (Å²) >= 11 is 1.03. The van der Waals surface area contributed by atoms with Gasteiger partial charge in [-0.1, -0.05) is 12.1 Å². The highest BCUT2D eigenvalue weighted by Gasteiger charge is 2.29. The fraction of sp³-hybridized carbons (Fsp3) is 0.235. The number of ether oxygens (including phenoxy) is 2. The number of fused-ring (bicyclic) bond motifs is 1. The molecule has 1 aliphatic rings. The first-order chi connectivity index (χ1) is 11.1. The van der Waals surface area contributed by atoms with Crippen LogP contribution in [0.5, 0.6) is 11.5 Å². The lowest BCUT2D eigenvalue weighted by atomic mass is 9.93. The maximum atomic E-state index is 13.3. The summed E-state index contributed by atoms with van der Waals surface area (Å²) in [4.78, 5) is 12.3. The van der Waals surface area contributed by atoms with Gasteiger partial charge in [0.05, 0.1) is 30.0 Å². The number of hydrogen-bond donors (Lipinski definition) is 0. The summed E-state index contributed by atoms with van der Waals surface area (Å²) in [6.45, 7) is 1.92. The minimum absolute atomic E-state index is 0.134. The van der Waals surface area contributed by atoms with Crippen LogP contribution in [0.1, 0.15) is 24.0 Å². The number of benzene rings is 2. The molecule has 0 aromatic heterocycles. The second kappa shape index (κ2) is 6.50. The third-order valence-electron chi connectivity index (χ3n) is 3.68. The SMILES string of the molecule is COc1ccc2c(c1OSc1cccc(F)c1)COC(=O)C2C. The molecule has 3 rings (SSSR count). The molecule has 0 amide bonds. The topological polar surface area (TPSA) is 44.8 Å². The average molecular weight is 334 g/mol. The van der Waals surface area contributed by atoms with Gasteiger partial charge in [-0.15, -0.1) is 0 Å². The van der Waals surface area contributed by atoms with Crippen molar-refractivity contribution in [2.24, 2.45) is 0 Å². The monoisotopic (exact) mass is 334 g/mol. The molecular weight excluding hydrogens is 319 g/mol. The van der Waals surface area contributed by atoms with Crippen molar-refractivity contribution in [2.75, 3.05) is 7.11 Å². The summed E-state index contributed by atoms with van der Waals surface area (Å²) in [6.07, 6.45) is 0. The van der Waals surface area contributed by atoms with Crippen LogP contribution in [0.4, 0.5) is 4.39 Å². The Morgan fingerprint density at radius 1 is 1.30 bits per heavy atom. The molecule has 1 heterocycles. The highest BCUT2D eigenvalue weighted by Crippen LogP contribution is 2.42. The first kappa shape index (κ1) is 15.7. The average Bonchev–Trinajstić information content (AvgIpc) is 2.56. The van der Waals surface area contributed by atoms with Crippen LogP contribution < -0.4 is 8.92 Å². The van der Waals surface area contributed by atoms with Gasteiger partial charge in [-0.05, 0) is 36.8 Å². The maximum Gasteiger partial charge on any atom is 0.313 e. The van der Waals surface area contributed by atoms with Crippen molar-refractivity contribution in [3.8, 4) is 11.5 Å². The molecule has 0 radical (unpaired) electrons. The number of cyclic esters (lactones) is 1. The van der Waals surface area contributed by atoms with Crippen molar-refractivity contribution in [1.29, 1.82) is 0 Å². The number of carbonyl (C=O) groups is 1.